The van der Waals surface area contributed by atoms with Crippen molar-refractivity contribution in [2.24, 2.45) is 0 Å². The van der Waals surface area contributed by atoms with Crippen molar-refractivity contribution >= 4 is 23.3 Å². The molecule has 5 heteroatoms. The van der Waals surface area contributed by atoms with Gasteiger partial charge in [-0.2, -0.15) is 0 Å². The average Bonchev–Trinajstić information content (AvgIpc) is 2.42. The van der Waals surface area contributed by atoms with Crippen molar-refractivity contribution < 1.29 is 15.0 Å². The van der Waals surface area contributed by atoms with Gasteiger partial charge in [-0.1, -0.05) is 35.4 Å². The van der Waals surface area contributed by atoms with E-state index in [9.17, 15) is 9.90 Å². The predicted molar refractivity (Wildman–Crippen MR) is 83.0 cm³/mol. The van der Waals surface area contributed by atoms with E-state index in [1.807, 2.05) is 31.2 Å². The van der Waals surface area contributed by atoms with Crippen LogP contribution in [0.2, 0.25) is 5.02 Å². The molecule has 0 saturated carbocycles. The number of rotatable bonds is 5. The molecule has 0 fully saturated rings. The quantitative estimate of drug-likeness (QED) is 0.888. The van der Waals surface area contributed by atoms with Gasteiger partial charge in [-0.3, -0.25) is 4.79 Å². The maximum absolute atomic E-state index is 11.1. The van der Waals surface area contributed by atoms with Crippen molar-refractivity contribution in [3.8, 4) is 5.75 Å². The lowest BCUT2D eigenvalue weighted by atomic mass is 10.1. The summed E-state index contributed by atoms with van der Waals surface area (Å²) in [6, 6.07) is 12.4. The third-order valence-corrected chi connectivity index (χ3v) is 3.52. The fourth-order valence-electron chi connectivity index (χ4n) is 2.05. The topological polar surface area (TPSA) is 60.8 Å². The molecule has 0 atom stereocenters. The largest absolute Gasteiger partial charge is 0.508 e. The summed E-state index contributed by atoms with van der Waals surface area (Å²) in [7, 11) is 0. The second-order valence-corrected chi connectivity index (χ2v) is 5.23. The Labute approximate surface area is 128 Å². The third kappa shape index (κ3) is 3.89. The molecule has 0 heterocycles. The minimum Gasteiger partial charge on any atom is -0.508 e. The average molecular weight is 306 g/mol. The highest BCUT2D eigenvalue weighted by molar-refractivity contribution is 6.31. The van der Waals surface area contributed by atoms with E-state index >= 15 is 0 Å². The lowest BCUT2D eigenvalue weighted by molar-refractivity contribution is -0.135. The molecule has 4 nitrogen and oxygen atoms in total. The van der Waals surface area contributed by atoms with Gasteiger partial charge in [0.25, 0.3) is 0 Å². The molecular weight excluding hydrogens is 290 g/mol. The Balaban J connectivity index is 2.32. The first-order valence-electron chi connectivity index (χ1n) is 6.47. The second kappa shape index (κ2) is 6.50. The van der Waals surface area contributed by atoms with Gasteiger partial charge in [0.05, 0.1) is 0 Å². The van der Waals surface area contributed by atoms with E-state index in [2.05, 4.69) is 0 Å². The number of hydrogen-bond acceptors (Lipinski definition) is 3. The van der Waals surface area contributed by atoms with Crippen molar-refractivity contribution in [1.29, 1.82) is 0 Å². The van der Waals surface area contributed by atoms with Crippen LogP contribution in [0.5, 0.6) is 5.75 Å². The molecule has 2 N–H and O–H groups in total. The molecule has 0 aromatic heterocycles. The van der Waals surface area contributed by atoms with Crippen molar-refractivity contribution in [2.75, 3.05) is 11.4 Å². The number of anilines is 1. The van der Waals surface area contributed by atoms with E-state index in [1.54, 1.807) is 17.0 Å². The second-order valence-electron chi connectivity index (χ2n) is 4.82. The third-order valence-electron chi connectivity index (χ3n) is 3.17. The lowest BCUT2D eigenvalue weighted by Gasteiger charge is -2.24. The molecule has 110 valence electrons. The monoisotopic (exact) mass is 305 g/mol. The van der Waals surface area contributed by atoms with Crippen LogP contribution in [0.25, 0.3) is 0 Å². The maximum atomic E-state index is 11.1. The van der Waals surface area contributed by atoms with E-state index < -0.39 is 5.97 Å². The van der Waals surface area contributed by atoms with E-state index in [4.69, 9.17) is 16.7 Å². The van der Waals surface area contributed by atoms with Gasteiger partial charge < -0.3 is 15.1 Å². The molecule has 0 saturated heterocycles. The molecule has 0 aliphatic heterocycles. The summed E-state index contributed by atoms with van der Waals surface area (Å²) in [5.74, 6) is -0.882. The van der Waals surface area contributed by atoms with Crippen LogP contribution >= 0.6 is 11.6 Å². The normalized spacial score (nSPS) is 10.4. The van der Waals surface area contributed by atoms with Gasteiger partial charge in [0.2, 0.25) is 0 Å². The zero-order chi connectivity index (χ0) is 15.4. The molecule has 0 aliphatic carbocycles. The van der Waals surface area contributed by atoms with Gasteiger partial charge in [-0.15, -0.1) is 0 Å². The Hall–Kier alpha value is -2.20. The first kappa shape index (κ1) is 15.2. The predicted octanol–water partition coefficient (Wildman–Crippen LogP) is 3.45. The van der Waals surface area contributed by atoms with Gasteiger partial charge in [0.1, 0.15) is 12.3 Å². The summed E-state index contributed by atoms with van der Waals surface area (Å²) >= 11 is 6.09. The molecule has 0 aliphatic rings. The van der Waals surface area contributed by atoms with Crippen molar-refractivity contribution in [2.45, 2.75) is 13.5 Å². The van der Waals surface area contributed by atoms with Gasteiger partial charge in [-0.25, -0.2) is 0 Å². The Morgan fingerprint density at radius 2 is 1.86 bits per heavy atom. The van der Waals surface area contributed by atoms with Crippen LogP contribution in [0.4, 0.5) is 5.69 Å². The van der Waals surface area contributed by atoms with Crippen molar-refractivity contribution in [1.82, 2.24) is 0 Å². The lowest BCUT2D eigenvalue weighted by Crippen LogP contribution is -2.29. The Morgan fingerprint density at radius 3 is 2.43 bits per heavy atom. The number of aliphatic carboxylic acids is 1. The molecule has 2 rings (SSSR count). The number of aromatic hydroxyl groups is 1. The minimum absolute atomic E-state index is 0.0602. The minimum atomic E-state index is -0.942. The molecule has 21 heavy (non-hydrogen) atoms. The first-order chi connectivity index (χ1) is 9.97. The summed E-state index contributed by atoms with van der Waals surface area (Å²) in [4.78, 5) is 12.7. The molecule has 0 bridgehead atoms. The summed E-state index contributed by atoms with van der Waals surface area (Å²) in [6.45, 7) is 2.01. The zero-order valence-corrected chi connectivity index (χ0v) is 12.3. The number of carbonyl (C=O) groups is 1. The van der Waals surface area contributed by atoms with Crippen molar-refractivity contribution in [3.05, 3.63) is 58.6 Å². The Morgan fingerprint density at radius 1 is 1.19 bits per heavy atom. The molecule has 2 aromatic carbocycles. The molecular formula is C16H16ClNO3. The fraction of sp³-hybridized carbons (Fsp3) is 0.188. The van der Waals surface area contributed by atoms with E-state index in [-0.39, 0.29) is 18.8 Å². The van der Waals surface area contributed by atoms with E-state index in [0.29, 0.717) is 10.6 Å². The van der Waals surface area contributed by atoms with Gasteiger partial charge >= 0.3 is 5.97 Å². The highest BCUT2D eigenvalue weighted by atomic mass is 35.5. The van der Waals surface area contributed by atoms with E-state index in [1.165, 1.54) is 6.07 Å². The Kier molecular flexibility index (Phi) is 4.70. The zero-order valence-electron chi connectivity index (χ0n) is 11.6. The van der Waals surface area contributed by atoms with Gasteiger partial charge in [0, 0.05) is 22.8 Å². The highest BCUT2D eigenvalue weighted by Gasteiger charge is 2.15. The van der Waals surface area contributed by atoms with Gasteiger partial charge in [0.15, 0.2) is 0 Å². The Bertz CT molecular complexity index is 620. The number of carboxylic acids is 1. The summed E-state index contributed by atoms with van der Waals surface area (Å²) in [5, 5.41) is 19.4. The molecule has 0 radical (unpaired) electrons. The SMILES string of the molecule is Cc1ccc(N(CC(=O)O)Cc2c(O)cccc2Cl)cc1. The van der Waals surface area contributed by atoms with Gasteiger partial charge in [-0.05, 0) is 31.2 Å². The van der Waals surface area contributed by atoms with Crippen LogP contribution < -0.4 is 4.90 Å². The van der Waals surface area contributed by atoms with Crippen LogP contribution in [0.3, 0.4) is 0 Å². The standard InChI is InChI=1S/C16H16ClNO3/c1-11-5-7-12(8-6-11)18(10-16(20)21)9-13-14(17)3-2-4-15(13)19/h2-8,19H,9-10H2,1H3,(H,20,21). The molecule has 2 aromatic rings. The number of aryl methyl sites for hydroxylation is 1. The number of phenolic OH excluding ortho intramolecular Hbond substituents is 1. The number of phenols is 1. The van der Waals surface area contributed by atoms with Crippen LogP contribution in [0.1, 0.15) is 11.1 Å². The molecule has 0 unspecified atom stereocenters. The summed E-state index contributed by atoms with van der Waals surface area (Å²) in [6.07, 6.45) is 0. The van der Waals surface area contributed by atoms with Crippen LogP contribution in [0, 0.1) is 6.92 Å². The number of nitrogens with zero attached hydrogens (tertiary/aromatic N) is 1. The summed E-state index contributed by atoms with van der Waals surface area (Å²) in [5.41, 5.74) is 2.37. The van der Waals surface area contributed by atoms with Crippen molar-refractivity contribution in [3.63, 3.8) is 0 Å². The fourth-order valence-corrected chi connectivity index (χ4v) is 2.28. The number of hydrogen-bond donors (Lipinski definition) is 2. The highest BCUT2D eigenvalue weighted by Crippen LogP contribution is 2.28. The van der Waals surface area contributed by atoms with Crippen LogP contribution in [0.15, 0.2) is 42.5 Å². The number of benzene rings is 2. The smallest absolute Gasteiger partial charge is 0.323 e. The molecule has 0 amide bonds. The first-order valence-corrected chi connectivity index (χ1v) is 6.85. The number of carboxylic acid groups (broad SMARTS) is 1. The maximum Gasteiger partial charge on any atom is 0.323 e. The van der Waals surface area contributed by atoms with Crippen LogP contribution in [-0.2, 0) is 11.3 Å². The molecule has 0 spiro atoms. The summed E-state index contributed by atoms with van der Waals surface area (Å²) < 4.78 is 0. The van der Waals surface area contributed by atoms with Crippen LogP contribution in [-0.4, -0.2) is 22.7 Å². The van der Waals surface area contributed by atoms with E-state index in [0.717, 1.165) is 11.3 Å². The number of halogens is 1.